The van der Waals surface area contributed by atoms with E-state index in [1.54, 1.807) is 0 Å². The molecule has 0 aliphatic rings. The molecule has 0 amide bonds. The summed E-state index contributed by atoms with van der Waals surface area (Å²) in [5.41, 5.74) is 1.19. The minimum absolute atomic E-state index is 0.310. The van der Waals surface area contributed by atoms with Crippen LogP contribution in [0.2, 0.25) is 0 Å². The van der Waals surface area contributed by atoms with Gasteiger partial charge in [-0.15, -0.1) is 0 Å². The molecular weight excluding hydrogens is 176 g/mol. The fraction of sp³-hybridized carbons (Fsp3) is 0.333. The molecule has 2 heteroatoms. The van der Waals surface area contributed by atoms with E-state index in [9.17, 15) is 4.79 Å². The Morgan fingerprint density at radius 1 is 1.36 bits per heavy atom. The van der Waals surface area contributed by atoms with Gasteiger partial charge < -0.3 is 5.11 Å². The van der Waals surface area contributed by atoms with Crippen LogP contribution in [0.3, 0.4) is 0 Å². The number of carbonyl (C=O) groups is 1. The van der Waals surface area contributed by atoms with Crippen molar-refractivity contribution in [3.63, 3.8) is 0 Å². The summed E-state index contributed by atoms with van der Waals surface area (Å²) in [5.74, 6) is -1.05. The number of aryl methyl sites for hydroxylation is 1. The molecule has 1 atom stereocenters. The SMILES string of the molecule is [CH2]CC(CCc1ccccc1)C(=O)O. The third kappa shape index (κ3) is 3.21. The van der Waals surface area contributed by atoms with Crippen molar-refractivity contribution in [3.05, 3.63) is 42.8 Å². The molecule has 1 aromatic carbocycles. The number of aliphatic carboxylic acids is 1. The summed E-state index contributed by atoms with van der Waals surface area (Å²) in [6.45, 7) is 3.64. The molecule has 0 aliphatic carbocycles. The summed E-state index contributed by atoms with van der Waals surface area (Å²) in [6.07, 6.45) is 1.94. The molecule has 2 nitrogen and oxygen atoms in total. The largest absolute Gasteiger partial charge is 0.481 e. The molecule has 0 fully saturated rings. The van der Waals surface area contributed by atoms with Crippen molar-refractivity contribution >= 4 is 5.97 Å². The number of hydrogen-bond acceptors (Lipinski definition) is 1. The third-order valence-electron chi connectivity index (χ3n) is 2.32. The highest BCUT2D eigenvalue weighted by Gasteiger charge is 2.14. The third-order valence-corrected chi connectivity index (χ3v) is 2.32. The molecule has 14 heavy (non-hydrogen) atoms. The van der Waals surface area contributed by atoms with Crippen molar-refractivity contribution in [3.8, 4) is 0 Å². The van der Waals surface area contributed by atoms with E-state index in [2.05, 4.69) is 6.92 Å². The average Bonchev–Trinajstić information content (AvgIpc) is 2.20. The standard InChI is InChI=1S/C12H15O2/c1-2-11(12(13)14)9-8-10-6-4-3-5-7-10/h3-7,11H,1-2,8-9H2,(H,13,14). The minimum atomic E-state index is -0.740. The molecule has 0 spiro atoms. The molecule has 1 rings (SSSR count). The summed E-state index contributed by atoms with van der Waals surface area (Å²) >= 11 is 0. The molecular formula is C12H15O2. The van der Waals surface area contributed by atoms with Gasteiger partial charge in [0.15, 0.2) is 0 Å². The summed E-state index contributed by atoms with van der Waals surface area (Å²) in [4.78, 5) is 10.7. The van der Waals surface area contributed by atoms with Crippen LogP contribution >= 0.6 is 0 Å². The van der Waals surface area contributed by atoms with Gasteiger partial charge >= 0.3 is 5.97 Å². The number of hydrogen-bond donors (Lipinski definition) is 1. The summed E-state index contributed by atoms with van der Waals surface area (Å²) in [6, 6.07) is 9.92. The van der Waals surface area contributed by atoms with Gasteiger partial charge in [-0.05, 0) is 24.8 Å². The molecule has 0 saturated carbocycles. The van der Waals surface area contributed by atoms with Crippen molar-refractivity contribution in [1.82, 2.24) is 0 Å². The lowest BCUT2D eigenvalue weighted by Gasteiger charge is -2.08. The predicted molar refractivity (Wildman–Crippen MR) is 55.9 cm³/mol. The molecule has 1 N–H and O–H groups in total. The molecule has 1 aromatic rings. The smallest absolute Gasteiger partial charge is 0.306 e. The van der Waals surface area contributed by atoms with Crippen LogP contribution in [0.1, 0.15) is 18.4 Å². The molecule has 0 saturated heterocycles. The fourth-order valence-corrected chi connectivity index (χ4v) is 1.38. The first-order valence-electron chi connectivity index (χ1n) is 4.80. The van der Waals surface area contributed by atoms with Gasteiger partial charge in [0.25, 0.3) is 0 Å². The molecule has 1 radical (unpaired) electrons. The lowest BCUT2D eigenvalue weighted by atomic mass is 9.97. The average molecular weight is 191 g/mol. The van der Waals surface area contributed by atoms with Gasteiger partial charge in [0.2, 0.25) is 0 Å². The molecule has 0 aromatic heterocycles. The summed E-state index contributed by atoms with van der Waals surface area (Å²) in [7, 11) is 0. The first kappa shape index (κ1) is 10.8. The zero-order chi connectivity index (χ0) is 10.4. The zero-order valence-corrected chi connectivity index (χ0v) is 8.15. The first-order valence-corrected chi connectivity index (χ1v) is 4.80. The van der Waals surface area contributed by atoms with Crippen LogP contribution in [0.5, 0.6) is 0 Å². The van der Waals surface area contributed by atoms with Crippen molar-refractivity contribution < 1.29 is 9.90 Å². The van der Waals surface area contributed by atoms with E-state index < -0.39 is 5.97 Å². The van der Waals surface area contributed by atoms with Gasteiger partial charge in [0, 0.05) is 0 Å². The maximum atomic E-state index is 10.7. The summed E-state index contributed by atoms with van der Waals surface area (Å²) < 4.78 is 0. The minimum Gasteiger partial charge on any atom is -0.481 e. The Balaban J connectivity index is 2.44. The van der Waals surface area contributed by atoms with E-state index in [4.69, 9.17) is 5.11 Å². The Kier molecular flexibility index (Phi) is 4.17. The molecule has 0 bridgehead atoms. The van der Waals surface area contributed by atoms with Crippen LogP contribution < -0.4 is 0 Å². The number of carboxylic acid groups (broad SMARTS) is 1. The van der Waals surface area contributed by atoms with Gasteiger partial charge in [0.1, 0.15) is 0 Å². The Labute approximate surface area is 84.6 Å². The lowest BCUT2D eigenvalue weighted by molar-refractivity contribution is -0.141. The zero-order valence-electron chi connectivity index (χ0n) is 8.15. The van der Waals surface area contributed by atoms with Gasteiger partial charge in [-0.3, -0.25) is 4.79 Å². The summed E-state index contributed by atoms with van der Waals surface area (Å²) in [5, 5.41) is 8.81. The maximum absolute atomic E-state index is 10.7. The van der Waals surface area contributed by atoms with Crippen molar-refractivity contribution in [2.45, 2.75) is 19.3 Å². The highest BCUT2D eigenvalue weighted by molar-refractivity contribution is 5.69. The van der Waals surface area contributed by atoms with E-state index in [0.29, 0.717) is 12.8 Å². The molecule has 1 unspecified atom stereocenters. The topological polar surface area (TPSA) is 37.3 Å². The Morgan fingerprint density at radius 3 is 2.50 bits per heavy atom. The Morgan fingerprint density at radius 2 is 2.00 bits per heavy atom. The quantitative estimate of drug-likeness (QED) is 0.776. The Hall–Kier alpha value is -1.31. The van der Waals surface area contributed by atoms with Crippen LogP contribution in [-0.2, 0) is 11.2 Å². The second-order valence-corrected chi connectivity index (χ2v) is 3.35. The highest BCUT2D eigenvalue weighted by atomic mass is 16.4. The predicted octanol–water partition coefficient (Wildman–Crippen LogP) is 2.54. The second-order valence-electron chi connectivity index (χ2n) is 3.35. The van der Waals surface area contributed by atoms with Crippen LogP contribution in [0.15, 0.2) is 30.3 Å². The molecule has 0 heterocycles. The van der Waals surface area contributed by atoms with Crippen molar-refractivity contribution in [2.24, 2.45) is 5.92 Å². The van der Waals surface area contributed by atoms with Gasteiger partial charge in [-0.1, -0.05) is 37.3 Å². The van der Waals surface area contributed by atoms with Crippen molar-refractivity contribution in [1.29, 1.82) is 0 Å². The monoisotopic (exact) mass is 191 g/mol. The Bertz CT molecular complexity index is 280. The van der Waals surface area contributed by atoms with E-state index in [1.807, 2.05) is 30.3 Å². The molecule has 0 aliphatic heterocycles. The fourth-order valence-electron chi connectivity index (χ4n) is 1.38. The first-order chi connectivity index (χ1) is 6.74. The lowest BCUT2D eigenvalue weighted by Crippen LogP contribution is -2.13. The van der Waals surface area contributed by atoms with Crippen LogP contribution in [-0.4, -0.2) is 11.1 Å². The highest BCUT2D eigenvalue weighted by Crippen LogP contribution is 2.12. The van der Waals surface area contributed by atoms with E-state index >= 15 is 0 Å². The van der Waals surface area contributed by atoms with Gasteiger partial charge in [-0.2, -0.15) is 0 Å². The number of carboxylic acids is 1. The van der Waals surface area contributed by atoms with Crippen LogP contribution in [0.25, 0.3) is 0 Å². The maximum Gasteiger partial charge on any atom is 0.306 e. The number of benzene rings is 1. The normalized spacial score (nSPS) is 12.4. The van der Waals surface area contributed by atoms with Gasteiger partial charge in [-0.25, -0.2) is 0 Å². The number of rotatable bonds is 5. The van der Waals surface area contributed by atoms with E-state index in [-0.39, 0.29) is 5.92 Å². The van der Waals surface area contributed by atoms with Gasteiger partial charge in [0.05, 0.1) is 5.92 Å². The van der Waals surface area contributed by atoms with E-state index in [1.165, 1.54) is 5.56 Å². The van der Waals surface area contributed by atoms with Crippen molar-refractivity contribution in [2.75, 3.05) is 0 Å². The second kappa shape index (κ2) is 5.43. The molecule has 75 valence electrons. The van der Waals surface area contributed by atoms with E-state index in [0.717, 1.165) is 6.42 Å². The van der Waals surface area contributed by atoms with Crippen LogP contribution in [0, 0.1) is 12.8 Å². The van der Waals surface area contributed by atoms with Crippen LogP contribution in [0.4, 0.5) is 0 Å².